The second-order valence-electron chi connectivity index (χ2n) is 6.41. The Bertz CT molecular complexity index is 1150. The van der Waals surface area contributed by atoms with Gasteiger partial charge in [-0.3, -0.25) is 0 Å². The van der Waals surface area contributed by atoms with Crippen molar-refractivity contribution in [1.82, 2.24) is 19.9 Å². The van der Waals surface area contributed by atoms with Gasteiger partial charge in [0.2, 0.25) is 0 Å². The molecule has 1 fully saturated rings. The molecular formula is C19H17N5O2S. The van der Waals surface area contributed by atoms with Gasteiger partial charge in [-0.2, -0.15) is 0 Å². The predicted molar refractivity (Wildman–Crippen MR) is 105 cm³/mol. The molecule has 7 nitrogen and oxygen atoms in total. The largest absolute Gasteiger partial charge is 0.508 e. The minimum Gasteiger partial charge on any atom is -0.508 e. The number of anilines is 1. The molecule has 3 aromatic heterocycles. The lowest BCUT2D eigenvalue weighted by Gasteiger charge is -2.28. The average molecular weight is 379 g/mol. The standard InChI is InChI=1S/C19H17N5O2S/c1-11-12(3-2-4-13(11)25)17-22-14-15-19(21-6-5-20-15)27-16(14)18(23-17)24-7-9-26-10-8-24/h2-6,25H,7-10H2,1H3. The van der Waals surface area contributed by atoms with E-state index in [4.69, 9.17) is 14.7 Å². The van der Waals surface area contributed by atoms with Crippen LogP contribution in [0, 0.1) is 6.92 Å². The molecule has 1 N–H and O–H groups in total. The third-order valence-electron chi connectivity index (χ3n) is 4.79. The number of phenolic OH excluding ortho intramolecular Hbond substituents is 1. The van der Waals surface area contributed by atoms with E-state index in [-0.39, 0.29) is 5.75 Å². The van der Waals surface area contributed by atoms with Crippen LogP contribution in [0.3, 0.4) is 0 Å². The summed E-state index contributed by atoms with van der Waals surface area (Å²) in [5.74, 6) is 1.70. The van der Waals surface area contributed by atoms with Crippen molar-refractivity contribution in [2.75, 3.05) is 31.2 Å². The summed E-state index contributed by atoms with van der Waals surface area (Å²) in [5.41, 5.74) is 3.16. The Morgan fingerprint density at radius 3 is 2.74 bits per heavy atom. The smallest absolute Gasteiger partial charge is 0.162 e. The van der Waals surface area contributed by atoms with Gasteiger partial charge in [-0.05, 0) is 13.0 Å². The molecule has 1 aliphatic heterocycles. The zero-order valence-electron chi connectivity index (χ0n) is 14.7. The van der Waals surface area contributed by atoms with E-state index in [1.165, 1.54) is 0 Å². The van der Waals surface area contributed by atoms with Gasteiger partial charge in [0.25, 0.3) is 0 Å². The number of morpholine rings is 1. The van der Waals surface area contributed by atoms with Crippen LogP contribution in [-0.2, 0) is 4.74 Å². The lowest BCUT2D eigenvalue weighted by Crippen LogP contribution is -2.36. The lowest BCUT2D eigenvalue weighted by atomic mass is 10.1. The number of rotatable bonds is 2. The highest BCUT2D eigenvalue weighted by molar-refractivity contribution is 7.25. The number of fused-ring (bicyclic) bond motifs is 3. The van der Waals surface area contributed by atoms with Crippen molar-refractivity contribution in [3.63, 3.8) is 0 Å². The number of nitrogens with zero attached hydrogens (tertiary/aromatic N) is 5. The number of phenols is 1. The predicted octanol–water partition coefficient (Wildman–Crippen LogP) is 3.15. The normalized spacial score (nSPS) is 14.9. The molecule has 136 valence electrons. The third-order valence-corrected chi connectivity index (χ3v) is 5.86. The first-order valence-corrected chi connectivity index (χ1v) is 9.57. The number of thiophene rings is 1. The molecule has 0 unspecified atom stereocenters. The van der Waals surface area contributed by atoms with Gasteiger partial charge in [-0.25, -0.2) is 19.9 Å². The first-order chi connectivity index (χ1) is 13.2. The summed E-state index contributed by atoms with van der Waals surface area (Å²) in [6.45, 7) is 4.78. The molecule has 1 aliphatic rings. The van der Waals surface area contributed by atoms with Gasteiger partial charge in [0.15, 0.2) is 11.6 Å². The van der Waals surface area contributed by atoms with E-state index in [0.717, 1.165) is 50.6 Å². The van der Waals surface area contributed by atoms with Gasteiger partial charge >= 0.3 is 0 Å². The van der Waals surface area contributed by atoms with Gasteiger partial charge in [0.05, 0.1) is 17.9 Å². The summed E-state index contributed by atoms with van der Waals surface area (Å²) < 4.78 is 6.49. The first-order valence-electron chi connectivity index (χ1n) is 8.75. The number of aromatic hydroxyl groups is 1. The van der Waals surface area contributed by atoms with E-state index in [9.17, 15) is 5.11 Å². The van der Waals surface area contributed by atoms with E-state index in [1.807, 2.05) is 19.1 Å². The quantitative estimate of drug-likeness (QED) is 0.573. The van der Waals surface area contributed by atoms with Crippen LogP contribution in [0.2, 0.25) is 0 Å². The van der Waals surface area contributed by atoms with Gasteiger partial charge in [-0.1, -0.05) is 12.1 Å². The molecule has 0 saturated carbocycles. The molecule has 27 heavy (non-hydrogen) atoms. The molecule has 1 saturated heterocycles. The molecule has 8 heteroatoms. The zero-order valence-corrected chi connectivity index (χ0v) is 15.5. The number of benzene rings is 1. The van der Waals surface area contributed by atoms with E-state index in [2.05, 4.69) is 14.9 Å². The fraction of sp³-hybridized carbons (Fsp3) is 0.263. The second-order valence-corrected chi connectivity index (χ2v) is 7.41. The van der Waals surface area contributed by atoms with E-state index in [0.29, 0.717) is 19.0 Å². The summed E-state index contributed by atoms with van der Waals surface area (Å²) >= 11 is 1.56. The highest BCUT2D eigenvalue weighted by Gasteiger charge is 2.22. The first kappa shape index (κ1) is 16.3. The molecule has 0 atom stereocenters. The van der Waals surface area contributed by atoms with Crippen LogP contribution < -0.4 is 4.90 Å². The Labute approximate surface area is 159 Å². The minimum absolute atomic E-state index is 0.235. The van der Waals surface area contributed by atoms with Crippen LogP contribution in [0.5, 0.6) is 5.75 Å². The van der Waals surface area contributed by atoms with Gasteiger partial charge in [-0.15, -0.1) is 11.3 Å². The summed E-state index contributed by atoms with van der Waals surface area (Å²) in [4.78, 5) is 21.7. The highest BCUT2D eigenvalue weighted by atomic mass is 32.1. The highest BCUT2D eigenvalue weighted by Crippen LogP contribution is 2.38. The van der Waals surface area contributed by atoms with Gasteiger partial charge in [0.1, 0.15) is 21.6 Å². The summed E-state index contributed by atoms with van der Waals surface area (Å²) in [7, 11) is 0. The number of aromatic nitrogens is 4. The maximum atomic E-state index is 10.1. The average Bonchev–Trinajstić information content (AvgIpc) is 3.09. The van der Waals surface area contributed by atoms with Crippen LogP contribution in [0.1, 0.15) is 5.56 Å². The van der Waals surface area contributed by atoms with Crippen LogP contribution in [0.4, 0.5) is 5.82 Å². The van der Waals surface area contributed by atoms with Crippen molar-refractivity contribution in [3.05, 3.63) is 36.2 Å². The van der Waals surface area contributed by atoms with Gasteiger partial charge < -0.3 is 14.7 Å². The molecule has 1 aromatic carbocycles. The van der Waals surface area contributed by atoms with Crippen molar-refractivity contribution in [3.8, 4) is 17.1 Å². The Balaban J connectivity index is 1.81. The van der Waals surface area contributed by atoms with E-state index in [1.54, 1.807) is 29.8 Å². The van der Waals surface area contributed by atoms with Crippen molar-refractivity contribution in [2.45, 2.75) is 6.92 Å². The maximum absolute atomic E-state index is 10.1. The molecule has 4 heterocycles. The Hall–Kier alpha value is -2.84. The summed E-state index contributed by atoms with van der Waals surface area (Å²) in [6.07, 6.45) is 3.38. The number of hydrogen-bond acceptors (Lipinski definition) is 8. The van der Waals surface area contributed by atoms with Crippen LogP contribution in [0.25, 0.3) is 32.0 Å². The van der Waals surface area contributed by atoms with Crippen molar-refractivity contribution in [2.24, 2.45) is 0 Å². The fourth-order valence-corrected chi connectivity index (χ4v) is 4.39. The maximum Gasteiger partial charge on any atom is 0.162 e. The van der Waals surface area contributed by atoms with Crippen LogP contribution in [-0.4, -0.2) is 51.3 Å². The molecule has 5 rings (SSSR count). The lowest BCUT2D eigenvalue weighted by molar-refractivity contribution is 0.122. The van der Waals surface area contributed by atoms with E-state index < -0.39 is 0 Å². The molecular weight excluding hydrogens is 362 g/mol. The molecule has 0 spiro atoms. The Kier molecular flexibility index (Phi) is 3.87. The fourth-order valence-electron chi connectivity index (χ4n) is 3.33. The molecule has 0 bridgehead atoms. The van der Waals surface area contributed by atoms with Crippen LogP contribution >= 0.6 is 11.3 Å². The Morgan fingerprint density at radius 1 is 1.07 bits per heavy atom. The van der Waals surface area contributed by atoms with Crippen LogP contribution in [0.15, 0.2) is 30.6 Å². The Morgan fingerprint density at radius 2 is 1.89 bits per heavy atom. The topological polar surface area (TPSA) is 84.3 Å². The van der Waals surface area contributed by atoms with Crippen molar-refractivity contribution < 1.29 is 9.84 Å². The third kappa shape index (κ3) is 2.68. The molecule has 4 aromatic rings. The molecule has 0 aliphatic carbocycles. The SMILES string of the molecule is Cc1c(O)cccc1-c1nc(N2CCOCC2)c2sc3nccnc3c2n1. The molecule has 0 radical (unpaired) electrons. The van der Waals surface area contributed by atoms with Crippen molar-refractivity contribution >= 4 is 37.7 Å². The number of ether oxygens (including phenoxy) is 1. The second kappa shape index (κ2) is 6.40. The molecule has 0 amide bonds. The monoisotopic (exact) mass is 379 g/mol. The van der Waals surface area contributed by atoms with Gasteiger partial charge in [0, 0.05) is 36.6 Å². The number of hydrogen-bond donors (Lipinski definition) is 1. The zero-order chi connectivity index (χ0) is 18.4. The van der Waals surface area contributed by atoms with Crippen molar-refractivity contribution in [1.29, 1.82) is 0 Å². The van der Waals surface area contributed by atoms with E-state index >= 15 is 0 Å². The summed E-state index contributed by atoms with van der Waals surface area (Å²) in [5, 5.41) is 10.1. The summed E-state index contributed by atoms with van der Waals surface area (Å²) in [6, 6.07) is 5.41. The minimum atomic E-state index is 0.235.